The molecule has 2 atom stereocenters. The molecule has 0 spiro atoms. The van der Waals surface area contributed by atoms with Gasteiger partial charge in [0.1, 0.15) is 0 Å². The van der Waals surface area contributed by atoms with E-state index in [4.69, 9.17) is 0 Å². The summed E-state index contributed by atoms with van der Waals surface area (Å²) in [4.78, 5) is 13.6. The van der Waals surface area contributed by atoms with Gasteiger partial charge in [0.05, 0.1) is 0 Å². The van der Waals surface area contributed by atoms with Crippen molar-refractivity contribution < 1.29 is 4.79 Å². The number of rotatable bonds is 3. The molecule has 2 nitrogen and oxygen atoms in total. The van der Waals surface area contributed by atoms with Gasteiger partial charge in [-0.1, -0.05) is 6.92 Å². The number of amides is 1. The van der Waals surface area contributed by atoms with Crippen molar-refractivity contribution in [1.29, 1.82) is 0 Å². The van der Waals surface area contributed by atoms with Crippen LogP contribution in [0.4, 0.5) is 0 Å². The molecule has 0 aromatic heterocycles. The molecule has 4 heteroatoms. The Morgan fingerprint density at radius 3 is 3.07 bits per heavy atom. The van der Waals surface area contributed by atoms with Crippen LogP contribution in [-0.4, -0.2) is 23.0 Å². The molecule has 1 saturated carbocycles. The minimum atomic E-state index is -0.172. The average Bonchev–Trinajstić information content (AvgIpc) is 2.53. The van der Waals surface area contributed by atoms with Crippen LogP contribution < -0.4 is 5.32 Å². The van der Waals surface area contributed by atoms with Gasteiger partial charge in [0.25, 0.3) is 5.91 Å². The summed E-state index contributed by atoms with van der Waals surface area (Å²) in [6.45, 7) is 2.17. The third kappa shape index (κ3) is 3.93. The monoisotopic (exact) mass is 275 g/mol. The van der Waals surface area contributed by atoms with E-state index in [2.05, 4.69) is 38.9 Å². The van der Waals surface area contributed by atoms with Crippen LogP contribution in [0.25, 0.3) is 0 Å². The number of carbonyl (C=O) groups is 1. The minimum absolute atomic E-state index is 0.172. The van der Waals surface area contributed by atoms with E-state index < -0.39 is 0 Å². The number of hydrogen-bond donors (Lipinski definition) is 1. The summed E-state index contributed by atoms with van der Waals surface area (Å²) < 4.78 is 0. The first-order valence-corrected chi connectivity index (χ1v) is 6.64. The molecule has 0 bridgehead atoms. The molecule has 0 aliphatic heterocycles. The molecular formula is C10H14BrNOS. The fraction of sp³-hybridized carbons (Fsp3) is 0.700. The quantitative estimate of drug-likeness (QED) is 0.800. The van der Waals surface area contributed by atoms with Crippen LogP contribution in [0.3, 0.4) is 0 Å². The van der Waals surface area contributed by atoms with Crippen LogP contribution >= 0.6 is 27.7 Å². The summed E-state index contributed by atoms with van der Waals surface area (Å²) in [6, 6.07) is 0.333. The highest BCUT2D eigenvalue weighted by Gasteiger charge is 2.25. The highest BCUT2D eigenvalue weighted by Crippen LogP contribution is 2.29. The maximum Gasteiger partial charge on any atom is 0.296 e. The summed E-state index contributed by atoms with van der Waals surface area (Å²) in [5.74, 6) is 3.42. The van der Waals surface area contributed by atoms with E-state index in [1.165, 1.54) is 6.42 Å². The van der Waals surface area contributed by atoms with Crippen molar-refractivity contribution in [3.8, 4) is 10.8 Å². The molecule has 0 radical (unpaired) electrons. The van der Waals surface area contributed by atoms with Crippen LogP contribution in [-0.2, 0) is 4.79 Å². The van der Waals surface area contributed by atoms with E-state index in [0.717, 1.165) is 23.8 Å². The van der Waals surface area contributed by atoms with Crippen molar-refractivity contribution in [2.24, 2.45) is 0 Å². The third-order valence-corrected chi connectivity index (χ3v) is 3.71. The molecule has 0 saturated heterocycles. The van der Waals surface area contributed by atoms with Crippen LogP contribution in [0.15, 0.2) is 0 Å². The van der Waals surface area contributed by atoms with Crippen LogP contribution in [0.1, 0.15) is 26.2 Å². The highest BCUT2D eigenvalue weighted by molar-refractivity contribution is 9.12. The average molecular weight is 276 g/mol. The number of thioether (sulfide) groups is 1. The van der Waals surface area contributed by atoms with Crippen LogP contribution in [0.2, 0.25) is 0 Å². The van der Waals surface area contributed by atoms with Crippen molar-refractivity contribution in [3.63, 3.8) is 0 Å². The lowest BCUT2D eigenvalue weighted by molar-refractivity contribution is -0.116. The Kier molecular flexibility index (Phi) is 5.42. The smallest absolute Gasteiger partial charge is 0.296 e. The normalized spacial score (nSPS) is 25.3. The third-order valence-electron chi connectivity index (χ3n) is 2.28. The lowest BCUT2D eigenvalue weighted by Crippen LogP contribution is -2.31. The molecule has 14 heavy (non-hydrogen) atoms. The van der Waals surface area contributed by atoms with Crippen LogP contribution in [0, 0.1) is 10.8 Å². The van der Waals surface area contributed by atoms with E-state index in [-0.39, 0.29) is 5.91 Å². The predicted molar refractivity (Wildman–Crippen MR) is 64.4 cm³/mol. The van der Waals surface area contributed by atoms with E-state index in [9.17, 15) is 4.79 Å². The number of carbonyl (C=O) groups excluding carboxylic acids is 1. The Bertz CT molecular complexity index is 259. The standard InChI is InChI=1S/C10H14BrNOS/c1-2-14-9-4-3-8(7-9)12-10(13)5-6-11/h8-9H,2-4,7H2,1H3,(H,12,13). The van der Waals surface area contributed by atoms with Gasteiger partial charge in [0.15, 0.2) is 0 Å². The van der Waals surface area contributed by atoms with Crippen molar-refractivity contribution in [2.45, 2.75) is 37.5 Å². The summed E-state index contributed by atoms with van der Waals surface area (Å²) >= 11 is 4.90. The van der Waals surface area contributed by atoms with Gasteiger partial charge in [0, 0.05) is 33.1 Å². The SMILES string of the molecule is CCSC1CCC(NC(=O)C#CBr)C1. The van der Waals surface area contributed by atoms with Crippen molar-refractivity contribution in [3.05, 3.63) is 0 Å². The van der Waals surface area contributed by atoms with E-state index in [1.54, 1.807) is 0 Å². The molecular weight excluding hydrogens is 262 g/mol. The fourth-order valence-corrected chi connectivity index (χ4v) is 3.05. The number of hydrogen-bond acceptors (Lipinski definition) is 2. The zero-order valence-electron chi connectivity index (χ0n) is 8.18. The van der Waals surface area contributed by atoms with E-state index in [1.807, 2.05) is 11.8 Å². The molecule has 1 aliphatic carbocycles. The first-order valence-electron chi connectivity index (χ1n) is 4.80. The fourth-order valence-electron chi connectivity index (χ4n) is 1.72. The maximum absolute atomic E-state index is 11.1. The molecule has 1 rings (SSSR count). The van der Waals surface area contributed by atoms with E-state index >= 15 is 0 Å². The maximum atomic E-state index is 11.1. The molecule has 0 aromatic carbocycles. The Morgan fingerprint density at radius 2 is 2.43 bits per heavy atom. The molecule has 1 fully saturated rings. The number of halogens is 1. The Labute approximate surface area is 97.7 Å². The van der Waals surface area contributed by atoms with Gasteiger partial charge in [-0.15, -0.1) is 0 Å². The second-order valence-corrected chi connectivity index (χ2v) is 5.25. The second kappa shape index (κ2) is 6.36. The second-order valence-electron chi connectivity index (χ2n) is 3.28. The summed E-state index contributed by atoms with van der Waals surface area (Å²) in [7, 11) is 0. The van der Waals surface area contributed by atoms with Gasteiger partial charge in [-0.05, 0) is 29.8 Å². The first kappa shape index (κ1) is 11.9. The molecule has 0 heterocycles. The topological polar surface area (TPSA) is 29.1 Å². The lowest BCUT2D eigenvalue weighted by atomic mass is 10.2. The zero-order chi connectivity index (χ0) is 10.4. The van der Waals surface area contributed by atoms with E-state index in [0.29, 0.717) is 6.04 Å². The van der Waals surface area contributed by atoms with Gasteiger partial charge in [-0.2, -0.15) is 11.8 Å². The summed E-state index contributed by atoms with van der Waals surface area (Å²) in [5.41, 5.74) is 0. The largest absolute Gasteiger partial charge is 0.342 e. The minimum Gasteiger partial charge on any atom is -0.342 e. The number of nitrogens with one attached hydrogen (secondary N) is 1. The molecule has 1 N–H and O–H groups in total. The van der Waals surface area contributed by atoms with Gasteiger partial charge < -0.3 is 5.32 Å². The van der Waals surface area contributed by atoms with Crippen molar-refractivity contribution in [1.82, 2.24) is 5.32 Å². The van der Waals surface area contributed by atoms with Gasteiger partial charge in [0.2, 0.25) is 0 Å². The van der Waals surface area contributed by atoms with Crippen molar-refractivity contribution >= 4 is 33.6 Å². The van der Waals surface area contributed by atoms with Gasteiger partial charge >= 0.3 is 0 Å². The Morgan fingerprint density at radius 1 is 1.64 bits per heavy atom. The zero-order valence-corrected chi connectivity index (χ0v) is 10.6. The molecule has 78 valence electrons. The Balaban J connectivity index is 2.27. The highest BCUT2D eigenvalue weighted by atomic mass is 79.9. The molecule has 1 amide bonds. The molecule has 0 aromatic rings. The molecule has 1 aliphatic rings. The first-order chi connectivity index (χ1) is 6.76. The Hall–Kier alpha value is -0.140. The predicted octanol–water partition coefficient (Wildman–Crippen LogP) is 2.13. The summed E-state index contributed by atoms with van der Waals surface area (Å²) in [5, 5.41) is 3.64. The van der Waals surface area contributed by atoms with Crippen molar-refractivity contribution in [2.75, 3.05) is 5.75 Å². The van der Waals surface area contributed by atoms with Crippen LogP contribution in [0.5, 0.6) is 0 Å². The van der Waals surface area contributed by atoms with Gasteiger partial charge in [-0.25, -0.2) is 0 Å². The summed E-state index contributed by atoms with van der Waals surface area (Å²) in [6.07, 6.45) is 3.40. The molecule has 2 unspecified atom stereocenters. The lowest BCUT2D eigenvalue weighted by Gasteiger charge is -2.10. The van der Waals surface area contributed by atoms with Gasteiger partial charge in [-0.3, -0.25) is 4.79 Å².